The average Bonchev–Trinajstić information content (AvgIpc) is 2.66. The first-order valence-electron chi connectivity index (χ1n) is 7.68. The van der Waals surface area contributed by atoms with Crippen molar-refractivity contribution in [3.8, 4) is 0 Å². The number of carbonyl (C=O) groups excluding carboxylic acids is 1. The summed E-state index contributed by atoms with van der Waals surface area (Å²) in [5, 5.41) is -1.45. The van der Waals surface area contributed by atoms with Crippen molar-refractivity contribution in [2.45, 2.75) is 47.6 Å². The maximum absolute atomic E-state index is 14.0. The Morgan fingerprint density at radius 2 is 0.794 bits per heavy atom. The summed E-state index contributed by atoms with van der Waals surface area (Å²) in [7, 11) is 0. The fourth-order valence-corrected chi connectivity index (χ4v) is 2.28. The highest BCUT2D eigenvalue weighted by Crippen LogP contribution is 2.65. The molecule has 0 aliphatic carbocycles. The average molecular weight is 559 g/mol. The molecule has 0 aliphatic rings. The molecule has 0 saturated heterocycles. The van der Waals surface area contributed by atoms with E-state index in [-0.39, 0.29) is 24.3 Å². The first kappa shape index (κ1) is 30.0. The minimum absolute atomic E-state index is 0.123. The van der Waals surface area contributed by atoms with Crippen LogP contribution in [-0.2, 0) is 5.92 Å². The molecule has 0 aliphatic heterocycles. The van der Waals surface area contributed by atoms with Crippen molar-refractivity contribution in [2.75, 3.05) is 0 Å². The van der Waals surface area contributed by atoms with E-state index >= 15 is 0 Å². The fourth-order valence-electron chi connectivity index (χ4n) is 2.16. The largest absolute Gasteiger partial charge is 0.460 e. The third-order valence-electron chi connectivity index (χ3n) is 4.20. The molecular weight excluding hydrogens is 555 g/mol. The van der Waals surface area contributed by atoms with E-state index in [2.05, 4.69) is 0 Å². The smallest absolute Gasteiger partial charge is 0.276 e. The van der Waals surface area contributed by atoms with Gasteiger partial charge in [0, 0.05) is 11.1 Å². The van der Waals surface area contributed by atoms with Gasteiger partial charge in [0.25, 0.3) is 5.24 Å². The molecule has 0 fully saturated rings. The van der Waals surface area contributed by atoms with Gasteiger partial charge < -0.3 is 0 Å². The number of carbonyl (C=O) groups is 1. The molecule has 1 aromatic rings. The van der Waals surface area contributed by atoms with E-state index in [1.54, 1.807) is 0 Å². The summed E-state index contributed by atoms with van der Waals surface area (Å²) < 4.78 is 224. The van der Waals surface area contributed by atoms with Crippen molar-refractivity contribution in [3.63, 3.8) is 0 Å². The second-order valence-corrected chi connectivity index (χ2v) is 6.71. The van der Waals surface area contributed by atoms with Gasteiger partial charge in [-0.3, -0.25) is 4.79 Å². The molecule has 0 spiro atoms. The summed E-state index contributed by atoms with van der Waals surface area (Å²) in [6.45, 7) is 0. The number of hydrogen-bond donors (Lipinski definition) is 0. The van der Waals surface area contributed by atoms with Crippen LogP contribution in [0.25, 0.3) is 0 Å². The van der Waals surface area contributed by atoms with E-state index < -0.39 is 64.0 Å². The summed E-state index contributed by atoms with van der Waals surface area (Å²) in [4.78, 5) is 10.8. The number of rotatable bonds is 8. The van der Waals surface area contributed by atoms with Gasteiger partial charge in [0.2, 0.25) is 0 Å². The van der Waals surface area contributed by atoms with Crippen molar-refractivity contribution in [1.82, 2.24) is 0 Å². The molecule has 0 atom stereocenters. The Hall–Kier alpha value is -2.01. The van der Waals surface area contributed by atoms with Crippen molar-refractivity contribution in [2.24, 2.45) is 0 Å². The maximum atomic E-state index is 14.0. The monoisotopic (exact) mass is 558 g/mol. The summed E-state index contributed by atoms with van der Waals surface area (Å²) in [6, 6.07) is -0.417. The summed E-state index contributed by atoms with van der Waals surface area (Å²) in [5.74, 6) is -57.0. The predicted octanol–water partition coefficient (Wildman–Crippen LogP) is 7.53. The van der Waals surface area contributed by atoms with E-state index in [0.717, 1.165) is 0 Å². The molecule has 0 radical (unpaired) electrons. The quantitative estimate of drug-likeness (QED) is 0.238. The minimum Gasteiger partial charge on any atom is -0.276 e. The van der Waals surface area contributed by atoms with Gasteiger partial charge in [0.15, 0.2) is 0 Å². The van der Waals surface area contributed by atoms with Crippen LogP contribution in [0, 0.1) is 0 Å². The van der Waals surface area contributed by atoms with Crippen molar-refractivity contribution in [1.29, 1.82) is 0 Å². The Morgan fingerprint density at radius 3 is 1.09 bits per heavy atom. The maximum Gasteiger partial charge on any atom is 0.460 e. The second-order valence-electron chi connectivity index (χ2n) is 6.37. The Bertz CT molecular complexity index is 916. The Labute approximate surface area is 180 Å². The van der Waals surface area contributed by atoms with Crippen LogP contribution in [0.15, 0.2) is 24.3 Å². The van der Waals surface area contributed by atoms with Gasteiger partial charge in [-0.25, -0.2) is 0 Å². The minimum atomic E-state index is -8.68. The van der Waals surface area contributed by atoms with E-state index in [1.807, 2.05) is 0 Å². The molecule has 0 bridgehead atoms. The van der Waals surface area contributed by atoms with Crippen LogP contribution in [0.4, 0.5) is 74.6 Å². The normalized spacial score (nSPS) is 15.5. The number of benzene rings is 1. The van der Waals surface area contributed by atoms with Crippen molar-refractivity contribution in [3.05, 3.63) is 35.4 Å². The van der Waals surface area contributed by atoms with Crippen LogP contribution >= 0.6 is 11.6 Å². The van der Waals surface area contributed by atoms with E-state index in [9.17, 15) is 79.4 Å². The number of alkyl halides is 17. The van der Waals surface area contributed by atoms with Crippen LogP contribution in [0.2, 0.25) is 0 Å². The number of halogens is 18. The number of hydrogen-bond acceptors (Lipinski definition) is 1. The summed E-state index contributed by atoms with van der Waals surface area (Å²) in [6.07, 6.45) is -7.81. The SMILES string of the molecule is O=C(Cl)c1ccc(C(F)(F)C(F)(F)C(F)(F)C(F)(F)C(F)(F)C(F)(F)C(F)(F)C(F)(F)F)cc1. The van der Waals surface area contributed by atoms with Gasteiger partial charge in [0.05, 0.1) is 0 Å². The lowest BCUT2D eigenvalue weighted by molar-refractivity contribution is -0.462. The van der Waals surface area contributed by atoms with Crippen LogP contribution in [0.1, 0.15) is 15.9 Å². The first-order chi connectivity index (χ1) is 14.7. The highest BCUT2D eigenvalue weighted by atomic mass is 35.5. The molecule has 196 valence electrons. The zero-order valence-electron chi connectivity index (χ0n) is 15.0. The lowest BCUT2D eigenvalue weighted by atomic mass is 9.87. The molecule has 1 nitrogen and oxygen atoms in total. The van der Waals surface area contributed by atoms with Gasteiger partial charge in [-0.2, -0.15) is 74.6 Å². The molecule has 1 rings (SSSR count). The standard InChI is InChI=1S/C15H4ClF17O/c16-7(34)5-1-3-6(4-2-5)8(17,18)9(19,20)10(21,22)11(23,24)12(25,26)13(27,28)14(29,30)15(31,32)33/h1-4H. The van der Waals surface area contributed by atoms with Crippen molar-refractivity contribution < 1.29 is 79.4 Å². The lowest BCUT2D eigenvalue weighted by Gasteiger charge is -2.42. The van der Waals surface area contributed by atoms with Gasteiger partial charge >= 0.3 is 47.6 Å². The summed E-state index contributed by atoms with van der Waals surface area (Å²) in [5.41, 5.74) is -3.20. The molecule has 0 heterocycles. The highest BCUT2D eigenvalue weighted by Gasteiger charge is 2.95. The lowest BCUT2D eigenvalue weighted by Crippen LogP contribution is -2.74. The second kappa shape index (κ2) is 8.01. The van der Waals surface area contributed by atoms with E-state index in [1.165, 1.54) is 0 Å². The van der Waals surface area contributed by atoms with Gasteiger partial charge in [-0.05, 0) is 23.7 Å². The van der Waals surface area contributed by atoms with Gasteiger partial charge in [-0.15, -0.1) is 0 Å². The predicted molar refractivity (Wildman–Crippen MR) is 76.3 cm³/mol. The Kier molecular flexibility index (Phi) is 7.07. The third kappa shape index (κ3) is 3.84. The van der Waals surface area contributed by atoms with E-state index in [4.69, 9.17) is 11.6 Å². The fraction of sp³-hybridized carbons (Fsp3) is 0.533. The van der Waals surface area contributed by atoms with Gasteiger partial charge in [-0.1, -0.05) is 12.1 Å². The topological polar surface area (TPSA) is 17.1 Å². The van der Waals surface area contributed by atoms with Crippen LogP contribution in [-0.4, -0.2) is 47.0 Å². The van der Waals surface area contributed by atoms with Gasteiger partial charge in [0.1, 0.15) is 0 Å². The van der Waals surface area contributed by atoms with Crippen LogP contribution in [0.5, 0.6) is 0 Å². The van der Waals surface area contributed by atoms with Crippen molar-refractivity contribution >= 4 is 16.8 Å². The zero-order valence-corrected chi connectivity index (χ0v) is 15.8. The molecule has 0 saturated carbocycles. The van der Waals surface area contributed by atoms with Crippen LogP contribution in [0.3, 0.4) is 0 Å². The molecule has 0 N–H and O–H groups in total. The Morgan fingerprint density at radius 1 is 0.500 bits per heavy atom. The summed E-state index contributed by atoms with van der Waals surface area (Å²) >= 11 is 4.86. The Balaban J connectivity index is 3.69. The molecule has 19 heteroatoms. The molecule has 0 unspecified atom stereocenters. The molecule has 34 heavy (non-hydrogen) atoms. The van der Waals surface area contributed by atoms with Crippen LogP contribution < -0.4 is 0 Å². The van der Waals surface area contributed by atoms with E-state index in [0.29, 0.717) is 0 Å². The molecule has 1 aromatic carbocycles. The highest BCUT2D eigenvalue weighted by molar-refractivity contribution is 6.67. The zero-order chi connectivity index (χ0) is 27.6. The first-order valence-corrected chi connectivity index (χ1v) is 8.06. The molecular formula is C15H4ClF17O. The molecule has 0 amide bonds. The third-order valence-corrected chi connectivity index (χ3v) is 4.41. The molecule has 0 aromatic heterocycles.